The predicted molar refractivity (Wildman–Crippen MR) is 63.8 cm³/mol. The van der Waals surface area contributed by atoms with Gasteiger partial charge in [-0.2, -0.15) is 0 Å². The number of hydrogen-bond donors (Lipinski definition) is 0. The molecule has 0 spiro atoms. The Balaban J connectivity index is -0.0000000501. The fraction of sp³-hybridized carbons (Fsp3) is 0.143. The first-order chi connectivity index (χ1) is 9.65. The zero-order valence-corrected chi connectivity index (χ0v) is 25.8. The van der Waals surface area contributed by atoms with Gasteiger partial charge in [-0.1, -0.05) is 35.9 Å². The van der Waals surface area contributed by atoms with E-state index in [-0.39, 0.29) is 118 Å². The summed E-state index contributed by atoms with van der Waals surface area (Å²) in [6.07, 6.45) is 0. The maximum atomic E-state index is 9.24. The van der Waals surface area contributed by atoms with Crippen LogP contribution in [0.3, 0.4) is 0 Å². The minimum Gasteiger partial charge on any atom is -0.563 e. The Morgan fingerprint density at radius 3 is 0.960 bits per heavy atom. The van der Waals surface area contributed by atoms with Crippen LogP contribution in [0.4, 0.5) is 0 Å². The van der Waals surface area contributed by atoms with Crippen molar-refractivity contribution >= 4 is 33.0 Å². The fourth-order valence-corrected chi connectivity index (χ4v) is 1.51. The topological polar surface area (TPSA) is 179 Å². The van der Waals surface area contributed by atoms with E-state index < -0.39 is 33.0 Å². The second-order valence-corrected chi connectivity index (χ2v) is 5.81. The summed E-state index contributed by atoms with van der Waals surface area (Å²) >= 11 is 0. The Bertz CT molecular complexity index is 443. The Morgan fingerprint density at radius 2 is 0.880 bits per heavy atom. The van der Waals surface area contributed by atoms with Gasteiger partial charge in [0.15, 0.2) is 0 Å². The van der Waals surface area contributed by atoms with E-state index in [0.717, 1.165) is 0 Å². The van der Waals surface area contributed by atoms with Gasteiger partial charge in [0.2, 0.25) is 0 Å². The third-order valence-corrected chi connectivity index (χ3v) is 3.34. The van der Waals surface area contributed by atoms with Crippen LogP contribution >= 0.6 is 33.0 Å². The molecular formula is C7H8Na4O10P4+4. The Hall–Kier alpha value is 3.38. The Morgan fingerprint density at radius 1 is 0.640 bits per heavy atom. The van der Waals surface area contributed by atoms with Crippen molar-refractivity contribution in [1.29, 1.82) is 0 Å². The quantitative estimate of drug-likeness (QED) is 0.304. The van der Waals surface area contributed by atoms with Crippen LogP contribution in [-0.2, 0) is 26.9 Å². The molecule has 0 bridgehead atoms. The first kappa shape index (κ1) is 42.5. The number of benzene rings is 1. The molecule has 0 aliphatic heterocycles. The number of hydrogen-bond acceptors (Lipinski definition) is 10. The molecule has 18 heteroatoms. The van der Waals surface area contributed by atoms with E-state index in [1.54, 1.807) is 0 Å². The van der Waals surface area contributed by atoms with Gasteiger partial charge in [-0.15, -0.1) is 0 Å². The molecule has 0 N–H and O–H groups in total. The minimum absolute atomic E-state index is 0. The summed E-state index contributed by atoms with van der Waals surface area (Å²) in [5.41, 5.74) is 1.32. The van der Waals surface area contributed by atoms with E-state index in [9.17, 15) is 37.8 Å². The summed E-state index contributed by atoms with van der Waals surface area (Å²) in [6, 6.07) is 10.3. The minimum atomic E-state index is -3.24. The zero-order valence-electron chi connectivity index (χ0n) is 14.3. The van der Waals surface area contributed by atoms with Crippen molar-refractivity contribution < 1.29 is 165 Å². The number of rotatable bonds is 4. The van der Waals surface area contributed by atoms with Crippen molar-refractivity contribution in [1.82, 2.24) is 0 Å². The van der Waals surface area contributed by atoms with Crippen molar-refractivity contribution in [2.24, 2.45) is 0 Å². The standard InChI is InChI=1S/C7H8.4Na.2O5P2/c1-7-5-3-2-4-6-7;;;;;2*1-6(2)5-7(3)4/h2-6H,1H3;;;;;;/q;4*+1;;. The van der Waals surface area contributed by atoms with Gasteiger partial charge in [0.25, 0.3) is 0 Å². The average Bonchev–Trinajstić information content (AvgIpc) is 2.27. The molecule has 0 radical (unpaired) electrons. The van der Waals surface area contributed by atoms with Gasteiger partial charge < -0.3 is 19.6 Å². The van der Waals surface area contributed by atoms with Gasteiger partial charge in [-0.25, -0.2) is 0 Å². The van der Waals surface area contributed by atoms with Gasteiger partial charge in [0, 0.05) is 0 Å². The van der Waals surface area contributed by atoms with Crippen LogP contribution in [-0.4, -0.2) is 0 Å². The largest absolute Gasteiger partial charge is 1.00 e. The van der Waals surface area contributed by atoms with Gasteiger partial charge in [0.1, 0.15) is 8.62 Å². The normalized spacial score (nSPS) is 9.96. The molecule has 0 aliphatic rings. The van der Waals surface area contributed by atoms with Crippen LogP contribution in [0.15, 0.2) is 30.3 Å². The van der Waals surface area contributed by atoms with E-state index in [1.807, 2.05) is 18.2 Å². The van der Waals surface area contributed by atoms with Crippen LogP contribution in [0.1, 0.15) is 5.56 Å². The molecule has 0 amide bonds. The summed E-state index contributed by atoms with van der Waals surface area (Å²) in [5, 5.41) is 0. The van der Waals surface area contributed by atoms with E-state index in [4.69, 9.17) is 0 Å². The van der Waals surface area contributed by atoms with Crippen LogP contribution in [0, 0.1) is 6.92 Å². The van der Waals surface area contributed by atoms with E-state index in [2.05, 4.69) is 27.7 Å². The van der Waals surface area contributed by atoms with Crippen molar-refractivity contribution in [2.45, 2.75) is 6.92 Å². The third-order valence-electron chi connectivity index (χ3n) is 1.21. The first-order valence-electron chi connectivity index (χ1n) is 4.60. The summed E-state index contributed by atoms with van der Waals surface area (Å²) in [7, 11) is -12.9. The summed E-state index contributed by atoms with van der Waals surface area (Å²) in [5.74, 6) is 0. The Kier molecular flexibility index (Phi) is 50.3. The van der Waals surface area contributed by atoms with E-state index in [1.165, 1.54) is 5.56 Å². The third kappa shape index (κ3) is 47.0. The molecular weight excluding hydrogens is 460 g/mol. The monoisotopic (exact) mass is 468 g/mol. The Labute approximate surface area is 236 Å². The van der Waals surface area contributed by atoms with Crippen LogP contribution in [0.2, 0.25) is 0 Å². The van der Waals surface area contributed by atoms with Gasteiger partial charge in [-0.05, 0) is 25.2 Å². The summed E-state index contributed by atoms with van der Waals surface area (Å²) < 4.78 is 43.3. The van der Waals surface area contributed by atoms with Crippen LogP contribution in [0.5, 0.6) is 0 Å². The first-order valence-corrected chi connectivity index (χ1v) is 8.98. The van der Waals surface area contributed by atoms with Crippen LogP contribution < -0.4 is 138 Å². The molecule has 1 rings (SSSR count). The molecule has 116 valence electrons. The molecule has 0 saturated carbocycles. The molecule has 1 aromatic rings. The van der Waals surface area contributed by atoms with Crippen molar-refractivity contribution in [3.63, 3.8) is 0 Å². The molecule has 4 atom stereocenters. The second kappa shape index (κ2) is 29.6. The fourth-order valence-electron chi connectivity index (χ4n) is 0.643. The molecule has 0 heterocycles. The molecule has 10 nitrogen and oxygen atoms in total. The van der Waals surface area contributed by atoms with Gasteiger partial charge >= 0.3 is 151 Å². The van der Waals surface area contributed by atoms with Gasteiger partial charge in [0.05, 0.1) is 0 Å². The van der Waals surface area contributed by atoms with Crippen molar-refractivity contribution in [2.75, 3.05) is 0 Å². The SMILES string of the molecule is Cc1ccccc1.O=[P+]([O-])O[P+](=O)[O-].O=[P+]([O-])O[P+](=O)[O-].[Na+].[Na+].[Na+].[Na+]. The summed E-state index contributed by atoms with van der Waals surface area (Å²) in [4.78, 5) is 37.0. The number of aryl methyl sites for hydroxylation is 1. The second-order valence-electron chi connectivity index (χ2n) is 2.71. The molecule has 1 aromatic carbocycles. The molecule has 0 aromatic heterocycles. The van der Waals surface area contributed by atoms with Gasteiger partial charge in [-0.3, -0.25) is 0 Å². The predicted octanol–water partition coefficient (Wildman–Crippen LogP) is -11.9. The maximum absolute atomic E-state index is 9.24. The zero-order chi connectivity index (χ0) is 16.8. The van der Waals surface area contributed by atoms with Crippen molar-refractivity contribution in [3.05, 3.63) is 35.9 Å². The van der Waals surface area contributed by atoms with Crippen LogP contribution in [0.25, 0.3) is 0 Å². The average molecular weight is 468 g/mol. The van der Waals surface area contributed by atoms with E-state index in [0.29, 0.717) is 0 Å². The molecule has 0 saturated heterocycles. The maximum Gasteiger partial charge on any atom is 1.00 e. The van der Waals surface area contributed by atoms with E-state index >= 15 is 0 Å². The molecule has 0 aliphatic carbocycles. The smallest absolute Gasteiger partial charge is 0.563 e. The molecule has 4 unspecified atom stereocenters. The van der Waals surface area contributed by atoms with Crippen molar-refractivity contribution in [3.8, 4) is 0 Å². The summed E-state index contributed by atoms with van der Waals surface area (Å²) in [6.45, 7) is 2.08. The molecule has 25 heavy (non-hydrogen) atoms. The molecule has 0 fully saturated rings.